The number of benzene rings is 1. The van der Waals surface area contributed by atoms with Gasteiger partial charge in [-0.15, -0.1) is 10.2 Å². The zero-order valence-electron chi connectivity index (χ0n) is 15.4. The number of fused-ring (bicyclic) bond motifs is 2. The first-order chi connectivity index (χ1) is 12.6. The van der Waals surface area contributed by atoms with Crippen molar-refractivity contribution < 1.29 is 4.79 Å². The molecule has 26 heavy (non-hydrogen) atoms. The van der Waals surface area contributed by atoms with Crippen LogP contribution in [0.5, 0.6) is 0 Å². The van der Waals surface area contributed by atoms with Gasteiger partial charge in [-0.05, 0) is 51.0 Å². The van der Waals surface area contributed by atoms with Gasteiger partial charge in [0.25, 0.3) is 0 Å². The third-order valence-corrected chi connectivity index (χ3v) is 6.69. The Bertz CT molecular complexity index is 803. The Morgan fingerprint density at radius 2 is 2.19 bits per heavy atom. The molecule has 2 aliphatic rings. The molecule has 5 nitrogen and oxygen atoms in total. The summed E-state index contributed by atoms with van der Waals surface area (Å²) in [6.07, 6.45) is 5.12. The third-order valence-electron chi connectivity index (χ3n) is 5.73. The second-order valence-corrected chi connectivity index (χ2v) is 8.50. The maximum Gasteiger partial charge on any atom is 0.230 e. The van der Waals surface area contributed by atoms with Crippen molar-refractivity contribution >= 4 is 17.7 Å². The lowest BCUT2D eigenvalue weighted by atomic mass is 9.95. The number of aromatic nitrogens is 3. The molecule has 1 N–H and O–H groups in total. The van der Waals surface area contributed by atoms with Crippen LogP contribution in [0, 0.1) is 18.8 Å². The summed E-state index contributed by atoms with van der Waals surface area (Å²) in [7, 11) is 0. The number of hydrogen-bond donors (Lipinski definition) is 1. The van der Waals surface area contributed by atoms with E-state index in [0.29, 0.717) is 17.7 Å². The predicted molar refractivity (Wildman–Crippen MR) is 104 cm³/mol. The van der Waals surface area contributed by atoms with Crippen LogP contribution in [0.1, 0.15) is 38.2 Å². The average Bonchev–Trinajstić information content (AvgIpc) is 3.34. The fourth-order valence-electron chi connectivity index (χ4n) is 4.48. The Morgan fingerprint density at radius 1 is 1.31 bits per heavy atom. The van der Waals surface area contributed by atoms with Crippen LogP contribution in [-0.4, -0.2) is 32.5 Å². The molecule has 0 unspecified atom stereocenters. The molecule has 0 spiro atoms. The molecular weight excluding hydrogens is 344 g/mol. The number of thioether (sulfide) groups is 1. The number of rotatable bonds is 6. The van der Waals surface area contributed by atoms with Gasteiger partial charge in [0, 0.05) is 18.2 Å². The minimum absolute atomic E-state index is 0.121. The number of aryl methyl sites for hydroxylation is 1. The lowest BCUT2D eigenvalue weighted by Gasteiger charge is -2.22. The monoisotopic (exact) mass is 370 g/mol. The fourth-order valence-corrected chi connectivity index (χ4v) is 5.29. The molecule has 1 amide bonds. The zero-order valence-corrected chi connectivity index (χ0v) is 16.3. The Labute approximate surface area is 159 Å². The van der Waals surface area contributed by atoms with Crippen LogP contribution in [0.25, 0.3) is 11.4 Å². The van der Waals surface area contributed by atoms with E-state index < -0.39 is 0 Å². The van der Waals surface area contributed by atoms with E-state index in [4.69, 9.17) is 0 Å². The number of hydrogen-bond acceptors (Lipinski definition) is 4. The first-order valence-corrected chi connectivity index (χ1v) is 10.5. The Kier molecular flexibility index (Phi) is 5.02. The van der Waals surface area contributed by atoms with E-state index in [1.165, 1.54) is 43.0 Å². The van der Waals surface area contributed by atoms with Gasteiger partial charge in [0.05, 0.1) is 5.75 Å². The molecule has 2 fully saturated rings. The van der Waals surface area contributed by atoms with Crippen LogP contribution in [-0.2, 0) is 11.3 Å². The molecule has 0 saturated heterocycles. The van der Waals surface area contributed by atoms with Crippen LogP contribution in [0.4, 0.5) is 0 Å². The van der Waals surface area contributed by atoms with Crippen LogP contribution in [0.15, 0.2) is 29.4 Å². The highest BCUT2D eigenvalue weighted by Gasteiger charge is 2.40. The van der Waals surface area contributed by atoms with Crippen molar-refractivity contribution in [2.24, 2.45) is 11.8 Å². The second kappa shape index (κ2) is 7.43. The lowest BCUT2D eigenvalue weighted by Crippen LogP contribution is -2.39. The van der Waals surface area contributed by atoms with Gasteiger partial charge < -0.3 is 9.88 Å². The molecule has 4 rings (SSSR count). The molecule has 0 aliphatic heterocycles. The molecule has 1 heterocycles. The third kappa shape index (κ3) is 3.52. The van der Waals surface area contributed by atoms with Gasteiger partial charge in [0.15, 0.2) is 11.0 Å². The van der Waals surface area contributed by atoms with Crippen molar-refractivity contribution in [3.05, 3.63) is 29.8 Å². The van der Waals surface area contributed by atoms with Crippen LogP contribution < -0.4 is 5.32 Å². The largest absolute Gasteiger partial charge is 0.352 e. The first-order valence-electron chi connectivity index (χ1n) is 9.56. The van der Waals surface area contributed by atoms with Crippen molar-refractivity contribution in [1.29, 1.82) is 0 Å². The summed E-state index contributed by atoms with van der Waals surface area (Å²) in [5, 5.41) is 12.8. The van der Waals surface area contributed by atoms with Crippen molar-refractivity contribution in [3.8, 4) is 11.4 Å². The van der Waals surface area contributed by atoms with Crippen LogP contribution in [0.3, 0.4) is 0 Å². The summed E-state index contributed by atoms with van der Waals surface area (Å²) in [5.41, 5.74) is 2.27. The highest BCUT2D eigenvalue weighted by molar-refractivity contribution is 7.99. The number of nitrogens with one attached hydrogen (secondary N) is 1. The molecule has 2 bridgehead atoms. The molecule has 2 aliphatic carbocycles. The van der Waals surface area contributed by atoms with E-state index in [2.05, 4.69) is 52.1 Å². The molecule has 1 aromatic carbocycles. The molecule has 2 saturated carbocycles. The van der Waals surface area contributed by atoms with Gasteiger partial charge in [-0.1, -0.05) is 41.9 Å². The standard InChI is InChI=1S/C20H26N4OS/c1-3-24-19(16-6-4-5-13(2)9-16)22-23-20(24)26-12-18(25)21-17-11-14-7-8-15(17)10-14/h4-6,9,14-15,17H,3,7-8,10-12H2,1-2H3,(H,21,25)/t14-,15+,17-/m0/s1. The number of nitrogens with zero attached hydrogens (tertiary/aromatic N) is 3. The molecule has 1 aromatic heterocycles. The summed E-state index contributed by atoms with van der Waals surface area (Å²) >= 11 is 1.48. The maximum atomic E-state index is 12.4. The van der Waals surface area contributed by atoms with E-state index in [1.807, 2.05) is 6.07 Å². The second-order valence-electron chi connectivity index (χ2n) is 7.56. The van der Waals surface area contributed by atoms with Crippen molar-refractivity contribution in [2.45, 2.75) is 57.3 Å². The minimum Gasteiger partial charge on any atom is -0.352 e. The van der Waals surface area contributed by atoms with E-state index in [0.717, 1.165) is 29.0 Å². The van der Waals surface area contributed by atoms with E-state index in [1.54, 1.807) is 0 Å². The first kappa shape index (κ1) is 17.6. The predicted octanol–water partition coefficient (Wildman–Crippen LogP) is 3.67. The quantitative estimate of drug-likeness (QED) is 0.788. The van der Waals surface area contributed by atoms with Gasteiger partial charge in [-0.2, -0.15) is 0 Å². The van der Waals surface area contributed by atoms with Crippen LogP contribution in [0.2, 0.25) is 0 Å². The summed E-state index contributed by atoms with van der Waals surface area (Å²) < 4.78 is 2.09. The highest BCUT2D eigenvalue weighted by Crippen LogP contribution is 2.44. The summed E-state index contributed by atoms with van der Waals surface area (Å²) in [6.45, 7) is 4.94. The van der Waals surface area contributed by atoms with Crippen molar-refractivity contribution in [3.63, 3.8) is 0 Å². The molecular formula is C20H26N4OS. The normalized spacial score (nSPS) is 24.2. The number of carbonyl (C=O) groups excluding carboxylic acids is 1. The van der Waals surface area contributed by atoms with Gasteiger partial charge in [0.2, 0.25) is 5.91 Å². The maximum absolute atomic E-state index is 12.4. The Hall–Kier alpha value is -1.82. The Morgan fingerprint density at radius 3 is 2.88 bits per heavy atom. The molecule has 2 aromatic rings. The number of carbonyl (C=O) groups is 1. The summed E-state index contributed by atoms with van der Waals surface area (Å²) in [6, 6.07) is 8.68. The number of amides is 1. The Balaban J connectivity index is 1.39. The molecule has 0 radical (unpaired) electrons. The average molecular weight is 371 g/mol. The minimum atomic E-state index is 0.121. The SMILES string of the molecule is CCn1c(SCC(=O)N[C@H]2C[C@H]3CC[C@@H]2C3)nnc1-c1cccc(C)c1. The van der Waals surface area contributed by atoms with Crippen LogP contribution >= 0.6 is 11.8 Å². The summed E-state index contributed by atoms with van der Waals surface area (Å²) in [5.74, 6) is 2.95. The van der Waals surface area contributed by atoms with Gasteiger partial charge in [0.1, 0.15) is 0 Å². The topological polar surface area (TPSA) is 59.8 Å². The van der Waals surface area contributed by atoms with Gasteiger partial charge in [-0.3, -0.25) is 4.79 Å². The molecule has 138 valence electrons. The van der Waals surface area contributed by atoms with Crippen molar-refractivity contribution in [2.75, 3.05) is 5.75 Å². The fraction of sp³-hybridized carbons (Fsp3) is 0.550. The van der Waals surface area contributed by atoms with E-state index >= 15 is 0 Å². The highest BCUT2D eigenvalue weighted by atomic mass is 32.2. The smallest absolute Gasteiger partial charge is 0.230 e. The summed E-state index contributed by atoms with van der Waals surface area (Å²) in [4.78, 5) is 12.4. The molecule has 3 atom stereocenters. The van der Waals surface area contributed by atoms with Gasteiger partial charge >= 0.3 is 0 Å². The lowest BCUT2D eigenvalue weighted by molar-refractivity contribution is -0.119. The van der Waals surface area contributed by atoms with Gasteiger partial charge in [-0.25, -0.2) is 0 Å². The van der Waals surface area contributed by atoms with Crippen molar-refractivity contribution in [1.82, 2.24) is 20.1 Å². The molecule has 6 heteroatoms. The zero-order chi connectivity index (χ0) is 18.1. The van der Waals surface area contributed by atoms with E-state index in [-0.39, 0.29) is 5.91 Å². The van der Waals surface area contributed by atoms with E-state index in [9.17, 15) is 4.79 Å².